The van der Waals surface area contributed by atoms with Crippen LogP contribution in [0.3, 0.4) is 0 Å². The summed E-state index contributed by atoms with van der Waals surface area (Å²) in [5.41, 5.74) is -0.00139. The van der Waals surface area contributed by atoms with Crippen molar-refractivity contribution in [1.82, 2.24) is 20.1 Å². The Hall–Kier alpha value is -3.83. The standard InChI is InChI=1S/C26H25F4N5O3/c27-17-12-20(23(37)33-21-9-8-18-19(32-21)13-31-34-18)35(14-17)24(38)25(10-2-1-3-11-25)16-6-4-15(5-7-16)22(36)26(28,29)30/h4-9,13,17,20H,1-3,10-12,14H2,(H,31,34)(H,32,33,37)/t17-,20-/m1/s1. The van der Waals surface area contributed by atoms with Gasteiger partial charge in [0.1, 0.15) is 23.5 Å². The number of aromatic amines is 1. The fourth-order valence-electron chi connectivity index (χ4n) is 5.53. The van der Waals surface area contributed by atoms with Gasteiger partial charge in [-0.1, -0.05) is 43.5 Å². The van der Waals surface area contributed by atoms with E-state index in [1.807, 2.05) is 0 Å². The number of carbonyl (C=O) groups excluding carboxylic acids is 3. The van der Waals surface area contributed by atoms with Gasteiger partial charge >= 0.3 is 6.18 Å². The van der Waals surface area contributed by atoms with E-state index in [2.05, 4.69) is 20.5 Å². The van der Waals surface area contributed by atoms with E-state index in [4.69, 9.17) is 0 Å². The molecule has 2 N–H and O–H groups in total. The van der Waals surface area contributed by atoms with Gasteiger partial charge < -0.3 is 10.2 Å². The molecule has 0 unspecified atom stereocenters. The molecular weight excluding hydrogens is 506 g/mol. The van der Waals surface area contributed by atoms with Gasteiger partial charge in [-0.15, -0.1) is 0 Å². The number of benzene rings is 1. The number of pyridine rings is 1. The number of likely N-dealkylation sites (tertiary alicyclic amines) is 1. The zero-order valence-electron chi connectivity index (χ0n) is 20.2. The van der Waals surface area contributed by atoms with Crippen molar-refractivity contribution in [1.29, 1.82) is 0 Å². The summed E-state index contributed by atoms with van der Waals surface area (Å²) < 4.78 is 53.3. The highest BCUT2D eigenvalue weighted by molar-refractivity contribution is 6.01. The van der Waals surface area contributed by atoms with Gasteiger partial charge in [0.25, 0.3) is 5.78 Å². The van der Waals surface area contributed by atoms with E-state index in [0.717, 1.165) is 18.6 Å². The Bertz CT molecular complexity index is 1370. The molecule has 200 valence electrons. The maximum Gasteiger partial charge on any atom is 0.454 e. The highest BCUT2D eigenvalue weighted by atomic mass is 19.4. The Balaban J connectivity index is 1.41. The average Bonchev–Trinajstić information content (AvgIpc) is 3.54. The van der Waals surface area contributed by atoms with E-state index in [1.54, 1.807) is 12.1 Å². The van der Waals surface area contributed by atoms with Crippen LogP contribution in [0.2, 0.25) is 0 Å². The van der Waals surface area contributed by atoms with Crippen LogP contribution in [0.25, 0.3) is 11.0 Å². The van der Waals surface area contributed by atoms with Crippen LogP contribution in [-0.4, -0.2) is 62.6 Å². The first-order valence-electron chi connectivity index (χ1n) is 12.4. The molecule has 1 aliphatic carbocycles. The molecular formula is C26H25F4N5O3. The third-order valence-corrected chi connectivity index (χ3v) is 7.44. The van der Waals surface area contributed by atoms with E-state index in [-0.39, 0.29) is 18.8 Å². The van der Waals surface area contributed by atoms with Gasteiger partial charge in [-0.25, -0.2) is 9.37 Å². The molecule has 8 nitrogen and oxygen atoms in total. The molecule has 1 saturated heterocycles. The number of nitrogens with zero attached hydrogens (tertiary/aromatic N) is 3. The second kappa shape index (κ2) is 9.80. The van der Waals surface area contributed by atoms with E-state index < -0.39 is 47.0 Å². The Morgan fingerprint density at radius 3 is 2.42 bits per heavy atom. The van der Waals surface area contributed by atoms with Gasteiger partial charge in [-0.2, -0.15) is 18.3 Å². The minimum absolute atomic E-state index is 0.180. The predicted octanol–water partition coefficient (Wildman–Crippen LogP) is 4.48. The summed E-state index contributed by atoms with van der Waals surface area (Å²) in [5.74, 6) is -2.75. The number of carbonyl (C=O) groups is 3. The lowest BCUT2D eigenvalue weighted by molar-refractivity contribution is -0.143. The Kier molecular flexibility index (Phi) is 6.66. The van der Waals surface area contributed by atoms with Crippen molar-refractivity contribution in [2.75, 3.05) is 11.9 Å². The van der Waals surface area contributed by atoms with Crippen LogP contribution >= 0.6 is 0 Å². The first-order chi connectivity index (χ1) is 18.1. The number of hydrogen-bond acceptors (Lipinski definition) is 5. The number of amides is 2. The van der Waals surface area contributed by atoms with Gasteiger partial charge in [-0.05, 0) is 30.5 Å². The zero-order chi connectivity index (χ0) is 27.1. The van der Waals surface area contributed by atoms with Crippen molar-refractivity contribution in [2.24, 2.45) is 0 Å². The number of H-pyrrole nitrogens is 1. The second-order valence-electron chi connectivity index (χ2n) is 9.84. The largest absolute Gasteiger partial charge is 0.454 e. The molecule has 38 heavy (non-hydrogen) atoms. The summed E-state index contributed by atoms with van der Waals surface area (Å²) in [5, 5.41) is 9.30. The lowest BCUT2D eigenvalue weighted by Gasteiger charge is -2.40. The second-order valence-corrected chi connectivity index (χ2v) is 9.84. The normalized spacial score (nSPS) is 21.4. The van der Waals surface area contributed by atoms with Crippen molar-refractivity contribution in [3.8, 4) is 0 Å². The number of rotatable bonds is 5. The van der Waals surface area contributed by atoms with Crippen molar-refractivity contribution >= 4 is 34.4 Å². The molecule has 0 radical (unpaired) electrons. The van der Waals surface area contributed by atoms with Crippen LogP contribution in [-0.2, 0) is 15.0 Å². The van der Waals surface area contributed by atoms with Crippen molar-refractivity contribution in [2.45, 2.75) is 62.3 Å². The number of nitrogens with one attached hydrogen (secondary N) is 2. The fraction of sp³-hybridized carbons (Fsp3) is 0.423. The molecule has 0 spiro atoms. The van der Waals surface area contributed by atoms with Gasteiger partial charge in [0.05, 0.1) is 23.7 Å². The van der Waals surface area contributed by atoms with Crippen LogP contribution in [0.4, 0.5) is 23.4 Å². The molecule has 12 heteroatoms. The maximum atomic E-state index is 14.7. The zero-order valence-corrected chi connectivity index (χ0v) is 20.2. The van der Waals surface area contributed by atoms with Crippen molar-refractivity contribution in [3.05, 3.63) is 53.7 Å². The number of fused-ring (bicyclic) bond motifs is 1. The average molecular weight is 532 g/mol. The Morgan fingerprint density at radius 2 is 1.74 bits per heavy atom. The highest BCUT2D eigenvalue weighted by Crippen LogP contribution is 2.43. The van der Waals surface area contributed by atoms with Crippen LogP contribution in [0, 0.1) is 0 Å². The molecule has 2 fully saturated rings. The van der Waals surface area contributed by atoms with E-state index >= 15 is 0 Å². The quantitative estimate of drug-likeness (QED) is 0.373. The number of hydrogen-bond donors (Lipinski definition) is 2. The molecule has 2 aromatic heterocycles. The summed E-state index contributed by atoms with van der Waals surface area (Å²) in [7, 11) is 0. The first kappa shape index (κ1) is 25.8. The maximum absolute atomic E-state index is 14.7. The molecule has 3 heterocycles. The molecule has 2 atom stereocenters. The number of ketones is 1. The lowest BCUT2D eigenvalue weighted by atomic mass is 9.68. The van der Waals surface area contributed by atoms with Crippen LogP contribution in [0.15, 0.2) is 42.6 Å². The van der Waals surface area contributed by atoms with Gasteiger partial charge in [0.15, 0.2) is 0 Å². The molecule has 5 rings (SSSR count). The highest BCUT2D eigenvalue weighted by Gasteiger charge is 2.49. The predicted molar refractivity (Wildman–Crippen MR) is 129 cm³/mol. The molecule has 1 saturated carbocycles. The number of alkyl halides is 4. The molecule has 0 bridgehead atoms. The number of halogens is 4. The molecule has 1 aliphatic heterocycles. The summed E-state index contributed by atoms with van der Waals surface area (Å²) >= 11 is 0. The third-order valence-electron chi connectivity index (χ3n) is 7.44. The van der Waals surface area contributed by atoms with E-state index in [1.165, 1.54) is 23.2 Å². The third kappa shape index (κ3) is 4.74. The minimum Gasteiger partial charge on any atom is -0.327 e. The summed E-state index contributed by atoms with van der Waals surface area (Å²) in [6, 6.07) is 7.04. The number of aromatic nitrogens is 3. The fourth-order valence-corrected chi connectivity index (χ4v) is 5.53. The van der Waals surface area contributed by atoms with E-state index in [9.17, 15) is 31.9 Å². The van der Waals surface area contributed by atoms with E-state index in [0.29, 0.717) is 42.3 Å². The molecule has 1 aromatic carbocycles. The number of Topliss-reactive ketones (excluding diaryl/α,β-unsaturated/α-hetero) is 1. The van der Waals surface area contributed by atoms with Crippen molar-refractivity contribution in [3.63, 3.8) is 0 Å². The smallest absolute Gasteiger partial charge is 0.327 e. The van der Waals surface area contributed by atoms with Crippen molar-refractivity contribution < 1.29 is 31.9 Å². The minimum atomic E-state index is -5.01. The van der Waals surface area contributed by atoms with Crippen LogP contribution < -0.4 is 5.32 Å². The molecule has 3 aromatic rings. The molecule has 2 aliphatic rings. The van der Waals surface area contributed by atoms with Gasteiger partial charge in [0.2, 0.25) is 11.8 Å². The monoisotopic (exact) mass is 531 g/mol. The topological polar surface area (TPSA) is 108 Å². The van der Waals surface area contributed by atoms with Gasteiger partial charge in [-0.3, -0.25) is 19.5 Å². The van der Waals surface area contributed by atoms with Gasteiger partial charge in [0, 0.05) is 12.0 Å². The van der Waals surface area contributed by atoms with Crippen LogP contribution in [0.1, 0.15) is 54.4 Å². The summed E-state index contributed by atoms with van der Waals surface area (Å²) in [6.45, 7) is -0.266. The summed E-state index contributed by atoms with van der Waals surface area (Å²) in [6.07, 6.45) is -2.06. The summed E-state index contributed by atoms with van der Waals surface area (Å²) in [4.78, 5) is 44.4. The van der Waals surface area contributed by atoms with Crippen LogP contribution in [0.5, 0.6) is 0 Å². The Morgan fingerprint density at radius 1 is 1.03 bits per heavy atom. The number of anilines is 1. The molecule has 2 amide bonds. The Labute approximate surface area is 214 Å². The SMILES string of the molecule is O=C(Nc1ccc2[nH]ncc2n1)[C@H]1C[C@@H](F)CN1C(=O)C1(c2ccc(C(=O)C(F)(F)F)cc2)CCCCC1. The lowest BCUT2D eigenvalue weighted by Crippen LogP contribution is -2.52. The first-order valence-corrected chi connectivity index (χ1v) is 12.4.